The molecule has 0 spiro atoms. The number of aryl methyl sites for hydroxylation is 1. The predicted octanol–water partition coefficient (Wildman–Crippen LogP) is 3.89. The largest absolute Gasteiger partial charge is 0.450 e. The van der Waals surface area contributed by atoms with Crippen LogP contribution in [-0.4, -0.2) is 27.3 Å². The molecule has 0 aliphatic heterocycles. The van der Waals surface area contributed by atoms with Gasteiger partial charge in [-0.15, -0.1) is 0 Å². The van der Waals surface area contributed by atoms with Crippen LogP contribution in [0.2, 0.25) is 5.02 Å². The highest BCUT2D eigenvalue weighted by molar-refractivity contribution is 6.31. The Morgan fingerprint density at radius 3 is 2.85 bits per heavy atom. The fourth-order valence-electron chi connectivity index (χ4n) is 3.11. The highest BCUT2D eigenvalue weighted by atomic mass is 35.5. The number of furan rings is 1. The Kier molecular flexibility index (Phi) is 4.37. The maximum Gasteiger partial charge on any atom is 0.354 e. The van der Waals surface area contributed by atoms with Crippen LogP contribution in [0.5, 0.6) is 0 Å². The summed E-state index contributed by atoms with van der Waals surface area (Å²) in [5, 5.41) is 13.7. The number of nitrogens with one attached hydrogen (secondary N) is 1. The van der Waals surface area contributed by atoms with Crippen LogP contribution in [0, 0.1) is 6.92 Å². The van der Waals surface area contributed by atoms with Gasteiger partial charge in [0.05, 0.1) is 12.3 Å². The van der Waals surface area contributed by atoms with Gasteiger partial charge in [0.15, 0.2) is 11.4 Å². The van der Waals surface area contributed by atoms with Gasteiger partial charge in [0.1, 0.15) is 11.1 Å². The van der Waals surface area contributed by atoms with Gasteiger partial charge in [0.2, 0.25) is 0 Å². The highest BCUT2D eigenvalue weighted by Gasteiger charge is 2.20. The van der Waals surface area contributed by atoms with E-state index >= 15 is 0 Å². The number of nitrogens with zero attached hydrogens (tertiary/aromatic N) is 2. The fraction of sp³-hybridized carbons (Fsp3) is 0.200. The van der Waals surface area contributed by atoms with Crippen molar-refractivity contribution >= 4 is 39.5 Å². The van der Waals surface area contributed by atoms with Crippen molar-refractivity contribution in [3.8, 4) is 5.69 Å². The average Bonchev–Trinajstić information content (AvgIpc) is 3.00. The lowest BCUT2D eigenvalue weighted by Crippen LogP contribution is -2.26. The molecule has 0 aliphatic carbocycles. The topological polar surface area (TPSA) is 80.3 Å². The van der Waals surface area contributed by atoms with Crippen LogP contribution < -0.4 is 11.0 Å². The van der Waals surface area contributed by atoms with Crippen LogP contribution in [0.25, 0.3) is 27.8 Å². The second-order valence-corrected chi connectivity index (χ2v) is 7.00. The van der Waals surface area contributed by atoms with Crippen LogP contribution in [0.3, 0.4) is 0 Å². The lowest BCUT2D eigenvalue weighted by molar-refractivity contribution is 0.281. The van der Waals surface area contributed by atoms with Gasteiger partial charge in [0.25, 0.3) is 0 Å². The van der Waals surface area contributed by atoms with Crippen molar-refractivity contribution in [1.29, 1.82) is 0 Å². The van der Waals surface area contributed by atoms with E-state index in [1.807, 2.05) is 31.2 Å². The van der Waals surface area contributed by atoms with Crippen LogP contribution in [0.15, 0.2) is 51.7 Å². The molecule has 0 amide bonds. The van der Waals surface area contributed by atoms with Crippen molar-refractivity contribution in [1.82, 2.24) is 9.55 Å². The number of benzene rings is 2. The summed E-state index contributed by atoms with van der Waals surface area (Å²) in [5.74, 6) is 0.299. The number of rotatable bonds is 4. The summed E-state index contributed by atoms with van der Waals surface area (Å²) >= 11 is 6.19. The molecule has 0 saturated carbocycles. The van der Waals surface area contributed by atoms with Crippen molar-refractivity contribution in [3.05, 3.63) is 63.5 Å². The Balaban J connectivity index is 2.13. The molecule has 4 aromatic rings. The fourth-order valence-corrected chi connectivity index (χ4v) is 3.29. The van der Waals surface area contributed by atoms with Gasteiger partial charge in [-0.25, -0.2) is 4.79 Å². The first kappa shape index (κ1) is 17.6. The first-order valence-corrected chi connectivity index (χ1v) is 8.95. The van der Waals surface area contributed by atoms with E-state index in [0.29, 0.717) is 33.2 Å². The van der Waals surface area contributed by atoms with Gasteiger partial charge in [0, 0.05) is 16.5 Å². The van der Waals surface area contributed by atoms with Crippen molar-refractivity contribution in [2.45, 2.75) is 19.9 Å². The van der Waals surface area contributed by atoms with Gasteiger partial charge in [-0.05, 0) is 49.7 Å². The maximum absolute atomic E-state index is 12.9. The normalized spacial score (nSPS) is 12.6. The second-order valence-electron chi connectivity index (χ2n) is 6.57. The summed E-state index contributed by atoms with van der Waals surface area (Å²) in [5.41, 5.74) is 2.90. The minimum absolute atomic E-state index is 0.101. The molecule has 0 aliphatic rings. The number of aliphatic hydroxyl groups excluding tert-OH is 1. The van der Waals surface area contributed by atoms with Crippen LogP contribution >= 0.6 is 11.6 Å². The van der Waals surface area contributed by atoms with Gasteiger partial charge in [-0.2, -0.15) is 4.98 Å². The van der Waals surface area contributed by atoms with E-state index < -0.39 is 5.69 Å². The minimum Gasteiger partial charge on any atom is -0.450 e. The molecule has 4 rings (SSSR count). The molecule has 27 heavy (non-hydrogen) atoms. The van der Waals surface area contributed by atoms with Gasteiger partial charge in [-0.1, -0.05) is 23.7 Å². The number of hydrogen-bond acceptors (Lipinski definition) is 5. The molecular weight excluding hydrogens is 366 g/mol. The first-order chi connectivity index (χ1) is 13.0. The monoisotopic (exact) mass is 383 g/mol. The minimum atomic E-state index is -0.441. The highest BCUT2D eigenvalue weighted by Crippen LogP contribution is 2.34. The zero-order chi connectivity index (χ0) is 19.1. The molecule has 2 N–H and O–H groups in total. The van der Waals surface area contributed by atoms with Crippen molar-refractivity contribution < 1.29 is 9.52 Å². The summed E-state index contributed by atoms with van der Waals surface area (Å²) in [7, 11) is 0. The lowest BCUT2D eigenvalue weighted by Gasteiger charge is -2.14. The summed E-state index contributed by atoms with van der Waals surface area (Å²) in [4.78, 5) is 17.1. The molecule has 0 radical (unpaired) electrons. The SMILES string of the molecule is Cc1cccc(-n2c(=O)nc(NC(C)CO)c3oc4ccc(Cl)cc4c32)c1. The molecule has 2 heterocycles. The lowest BCUT2D eigenvalue weighted by atomic mass is 10.2. The Morgan fingerprint density at radius 1 is 1.30 bits per heavy atom. The smallest absolute Gasteiger partial charge is 0.354 e. The Bertz CT molecular complexity index is 1210. The Morgan fingerprint density at radius 2 is 2.11 bits per heavy atom. The van der Waals surface area contributed by atoms with E-state index in [2.05, 4.69) is 10.3 Å². The van der Waals surface area contributed by atoms with E-state index in [9.17, 15) is 9.90 Å². The molecule has 1 atom stereocenters. The Labute approximate surface area is 160 Å². The molecular formula is C20H18ClN3O3. The van der Waals surface area contributed by atoms with Crippen molar-refractivity contribution in [2.75, 3.05) is 11.9 Å². The first-order valence-electron chi connectivity index (χ1n) is 8.57. The van der Waals surface area contributed by atoms with E-state index in [4.69, 9.17) is 16.0 Å². The molecule has 7 heteroatoms. The quantitative estimate of drug-likeness (QED) is 0.559. The third kappa shape index (κ3) is 3.07. The number of halogens is 1. The van der Waals surface area contributed by atoms with Crippen LogP contribution in [0.1, 0.15) is 12.5 Å². The summed E-state index contributed by atoms with van der Waals surface area (Å²) in [6, 6.07) is 12.6. The number of hydrogen-bond donors (Lipinski definition) is 2. The third-order valence-corrected chi connectivity index (χ3v) is 4.61. The van der Waals surface area contributed by atoms with Gasteiger partial charge in [-0.3, -0.25) is 4.57 Å². The standard InChI is InChI=1S/C20H18ClN3O3/c1-11-4-3-5-14(8-11)24-17-15-9-13(21)6-7-16(15)27-18(17)19(23-20(24)26)22-12(2)10-25/h3-9,12,25H,10H2,1-2H3,(H,22,23,26). The molecule has 0 bridgehead atoms. The van der Waals surface area contributed by atoms with Crippen molar-refractivity contribution in [2.24, 2.45) is 0 Å². The Hall–Kier alpha value is -2.83. The van der Waals surface area contributed by atoms with Gasteiger partial charge >= 0.3 is 5.69 Å². The van der Waals surface area contributed by atoms with Crippen LogP contribution in [0.4, 0.5) is 5.82 Å². The third-order valence-electron chi connectivity index (χ3n) is 4.38. The summed E-state index contributed by atoms with van der Waals surface area (Å²) in [6.07, 6.45) is 0. The number of aliphatic hydroxyl groups is 1. The van der Waals surface area contributed by atoms with Gasteiger partial charge < -0.3 is 14.8 Å². The number of fused-ring (bicyclic) bond motifs is 3. The van der Waals surface area contributed by atoms with E-state index in [-0.39, 0.29) is 12.6 Å². The van der Waals surface area contributed by atoms with Crippen molar-refractivity contribution in [3.63, 3.8) is 0 Å². The molecule has 2 aromatic heterocycles. The molecule has 138 valence electrons. The zero-order valence-electron chi connectivity index (χ0n) is 14.9. The zero-order valence-corrected chi connectivity index (χ0v) is 15.6. The molecule has 0 fully saturated rings. The molecule has 2 aromatic carbocycles. The van der Waals surface area contributed by atoms with E-state index in [1.54, 1.807) is 25.1 Å². The molecule has 1 unspecified atom stereocenters. The predicted molar refractivity (Wildman–Crippen MR) is 107 cm³/mol. The number of aromatic nitrogens is 2. The van der Waals surface area contributed by atoms with E-state index in [1.165, 1.54) is 4.57 Å². The maximum atomic E-state index is 12.9. The summed E-state index contributed by atoms with van der Waals surface area (Å²) in [6.45, 7) is 3.65. The molecule has 0 saturated heterocycles. The molecule has 6 nitrogen and oxygen atoms in total. The van der Waals surface area contributed by atoms with E-state index in [0.717, 1.165) is 10.9 Å². The summed E-state index contributed by atoms with van der Waals surface area (Å²) < 4.78 is 7.53. The van der Waals surface area contributed by atoms with Crippen LogP contribution in [-0.2, 0) is 0 Å². The average molecular weight is 384 g/mol. The number of anilines is 1. The second kappa shape index (κ2) is 6.72.